The highest BCUT2D eigenvalue weighted by Crippen LogP contribution is 2.28. The Morgan fingerprint density at radius 1 is 1.05 bits per heavy atom. The maximum atomic E-state index is 6.27. The average Bonchev–Trinajstić information content (AvgIpc) is 3.00. The van der Waals surface area contributed by atoms with Crippen molar-refractivity contribution in [3.63, 3.8) is 0 Å². The van der Waals surface area contributed by atoms with Crippen LogP contribution in [0.5, 0.6) is 5.75 Å². The second-order valence-corrected chi connectivity index (χ2v) is 5.61. The van der Waals surface area contributed by atoms with Crippen LogP contribution in [-0.4, -0.2) is 13.1 Å². The van der Waals surface area contributed by atoms with Gasteiger partial charge in [0.05, 0.1) is 0 Å². The lowest BCUT2D eigenvalue weighted by Crippen LogP contribution is -2.24. The highest BCUT2D eigenvalue weighted by molar-refractivity contribution is 5.38. The van der Waals surface area contributed by atoms with Crippen LogP contribution in [0.25, 0.3) is 0 Å². The van der Waals surface area contributed by atoms with Gasteiger partial charge in [0.2, 0.25) is 0 Å². The second-order valence-electron chi connectivity index (χ2n) is 5.61. The molecule has 0 bridgehead atoms. The molecular formula is C19H23NO. The number of benzene rings is 2. The molecule has 0 spiro atoms. The summed E-state index contributed by atoms with van der Waals surface area (Å²) >= 11 is 0. The third kappa shape index (κ3) is 3.45. The zero-order chi connectivity index (χ0) is 14.5. The molecule has 21 heavy (non-hydrogen) atoms. The molecule has 2 aromatic rings. The van der Waals surface area contributed by atoms with E-state index in [4.69, 9.17) is 4.74 Å². The Hall–Kier alpha value is -1.80. The van der Waals surface area contributed by atoms with Crippen molar-refractivity contribution in [1.29, 1.82) is 0 Å². The molecule has 0 aromatic heterocycles. The number of hydrogen-bond donors (Lipinski definition) is 1. The van der Waals surface area contributed by atoms with Crippen LogP contribution in [0, 0.1) is 0 Å². The molecule has 1 aliphatic rings. The van der Waals surface area contributed by atoms with Crippen LogP contribution in [0.1, 0.15) is 36.1 Å². The molecule has 1 unspecified atom stereocenters. The Bertz CT molecular complexity index is 579. The lowest BCUT2D eigenvalue weighted by molar-refractivity contribution is 0.202. The predicted octanol–water partition coefficient (Wildman–Crippen LogP) is 3.90. The summed E-state index contributed by atoms with van der Waals surface area (Å²) in [5.41, 5.74) is 4.17. The van der Waals surface area contributed by atoms with Crippen molar-refractivity contribution in [2.24, 2.45) is 0 Å². The minimum Gasteiger partial charge on any atom is -0.484 e. The monoisotopic (exact) mass is 281 g/mol. The van der Waals surface area contributed by atoms with E-state index in [2.05, 4.69) is 54.7 Å². The third-order valence-electron chi connectivity index (χ3n) is 4.10. The van der Waals surface area contributed by atoms with Gasteiger partial charge in [-0.2, -0.15) is 0 Å². The van der Waals surface area contributed by atoms with Gasteiger partial charge in [-0.25, -0.2) is 0 Å². The highest BCUT2D eigenvalue weighted by atomic mass is 16.5. The molecule has 2 nitrogen and oxygen atoms in total. The van der Waals surface area contributed by atoms with Crippen LogP contribution in [0.3, 0.4) is 0 Å². The van der Waals surface area contributed by atoms with Gasteiger partial charge in [0.15, 0.2) is 0 Å². The maximum Gasteiger partial charge on any atom is 0.136 e. The molecule has 1 aliphatic carbocycles. The van der Waals surface area contributed by atoms with E-state index in [1.807, 2.05) is 6.07 Å². The minimum atomic E-state index is 0.0607. The van der Waals surface area contributed by atoms with Gasteiger partial charge in [-0.05, 0) is 54.6 Å². The molecule has 1 atom stereocenters. The first-order valence-electron chi connectivity index (χ1n) is 7.91. The summed E-state index contributed by atoms with van der Waals surface area (Å²) in [4.78, 5) is 0. The van der Waals surface area contributed by atoms with Crippen LogP contribution in [0.15, 0.2) is 48.5 Å². The number of rotatable bonds is 6. The number of fused-ring (bicyclic) bond motifs is 1. The lowest BCUT2D eigenvalue weighted by atomic mass is 10.1. The summed E-state index contributed by atoms with van der Waals surface area (Å²) in [5, 5.41) is 3.39. The van der Waals surface area contributed by atoms with Crippen LogP contribution < -0.4 is 10.1 Å². The number of ether oxygens (including phenoxy) is 1. The van der Waals surface area contributed by atoms with Crippen molar-refractivity contribution in [2.45, 2.75) is 32.3 Å². The van der Waals surface area contributed by atoms with Crippen LogP contribution in [0.2, 0.25) is 0 Å². The Kier molecular flexibility index (Phi) is 4.56. The fraction of sp³-hybridized carbons (Fsp3) is 0.368. The van der Waals surface area contributed by atoms with E-state index in [1.165, 1.54) is 36.0 Å². The molecule has 3 rings (SSSR count). The van der Waals surface area contributed by atoms with Gasteiger partial charge in [0.25, 0.3) is 0 Å². The van der Waals surface area contributed by atoms with Crippen molar-refractivity contribution in [1.82, 2.24) is 5.32 Å². The van der Waals surface area contributed by atoms with Crippen molar-refractivity contribution in [3.8, 4) is 5.75 Å². The molecule has 0 heterocycles. The van der Waals surface area contributed by atoms with Gasteiger partial charge in [0, 0.05) is 6.54 Å². The summed E-state index contributed by atoms with van der Waals surface area (Å²) in [7, 11) is 0. The number of hydrogen-bond acceptors (Lipinski definition) is 2. The fourth-order valence-electron chi connectivity index (χ4n) is 2.96. The van der Waals surface area contributed by atoms with E-state index in [-0.39, 0.29) is 6.10 Å². The Balaban J connectivity index is 1.77. The highest BCUT2D eigenvalue weighted by Gasteiger charge is 2.15. The molecule has 0 radical (unpaired) electrons. The molecule has 0 saturated carbocycles. The van der Waals surface area contributed by atoms with Crippen LogP contribution in [0.4, 0.5) is 0 Å². The molecule has 2 heteroatoms. The van der Waals surface area contributed by atoms with Gasteiger partial charge in [0.1, 0.15) is 11.9 Å². The SMILES string of the molecule is CCNCC(Oc1ccc2c(c1)CCC2)c1ccccc1. The first-order chi connectivity index (χ1) is 10.4. The average molecular weight is 281 g/mol. The largest absolute Gasteiger partial charge is 0.484 e. The van der Waals surface area contributed by atoms with E-state index in [0.29, 0.717) is 0 Å². The number of aryl methyl sites for hydroxylation is 2. The van der Waals surface area contributed by atoms with Gasteiger partial charge < -0.3 is 10.1 Å². The molecule has 0 amide bonds. The summed E-state index contributed by atoms with van der Waals surface area (Å²) in [5.74, 6) is 0.988. The number of nitrogens with one attached hydrogen (secondary N) is 1. The topological polar surface area (TPSA) is 21.3 Å². The lowest BCUT2D eigenvalue weighted by Gasteiger charge is -2.20. The first kappa shape index (κ1) is 14.2. The van der Waals surface area contributed by atoms with Gasteiger partial charge >= 0.3 is 0 Å². The summed E-state index contributed by atoms with van der Waals surface area (Å²) in [6.45, 7) is 3.91. The van der Waals surface area contributed by atoms with Crippen molar-refractivity contribution in [2.75, 3.05) is 13.1 Å². The molecular weight excluding hydrogens is 258 g/mol. The molecule has 110 valence electrons. The van der Waals surface area contributed by atoms with Gasteiger partial charge in [-0.1, -0.05) is 43.3 Å². The van der Waals surface area contributed by atoms with Gasteiger partial charge in [-0.15, -0.1) is 0 Å². The van der Waals surface area contributed by atoms with Crippen molar-refractivity contribution >= 4 is 0 Å². The molecule has 0 fully saturated rings. The van der Waals surface area contributed by atoms with E-state index in [0.717, 1.165) is 18.8 Å². The van der Waals surface area contributed by atoms with Crippen molar-refractivity contribution < 1.29 is 4.74 Å². The van der Waals surface area contributed by atoms with Crippen LogP contribution >= 0.6 is 0 Å². The maximum absolute atomic E-state index is 6.27. The zero-order valence-electron chi connectivity index (χ0n) is 12.6. The smallest absolute Gasteiger partial charge is 0.136 e. The zero-order valence-corrected chi connectivity index (χ0v) is 12.6. The van der Waals surface area contributed by atoms with E-state index >= 15 is 0 Å². The third-order valence-corrected chi connectivity index (χ3v) is 4.10. The minimum absolute atomic E-state index is 0.0607. The summed E-state index contributed by atoms with van der Waals surface area (Å²) in [6, 6.07) is 17.0. The molecule has 1 N–H and O–H groups in total. The number of likely N-dealkylation sites (N-methyl/N-ethyl adjacent to an activating group) is 1. The molecule has 0 saturated heterocycles. The normalized spacial score (nSPS) is 14.7. The second kappa shape index (κ2) is 6.77. The first-order valence-corrected chi connectivity index (χ1v) is 7.91. The van der Waals surface area contributed by atoms with Gasteiger partial charge in [-0.3, -0.25) is 0 Å². The van der Waals surface area contributed by atoms with Crippen molar-refractivity contribution in [3.05, 3.63) is 65.2 Å². The summed E-state index contributed by atoms with van der Waals surface area (Å²) in [6.07, 6.45) is 3.74. The molecule has 0 aliphatic heterocycles. The Labute approximate surface area is 127 Å². The van der Waals surface area contributed by atoms with E-state index < -0.39 is 0 Å². The summed E-state index contributed by atoms with van der Waals surface area (Å²) < 4.78 is 6.27. The Morgan fingerprint density at radius 2 is 1.86 bits per heavy atom. The Morgan fingerprint density at radius 3 is 2.67 bits per heavy atom. The molecule has 2 aromatic carbocycles. The quantitative estimate of drug-likeness (QED) is 0.867. The standard InChI is InChI=1S/C19H23NO/c1-2-20-14-19(16-7-4-3-5-8-16)21-18-12-11-15-9-6-10-17(15)13-18/h3-5,7-8,11-13,19-20H,2,6,9-10,14H2,1H3. The van der Waals surface area contributed by atoms with E-state index in [1.54, 1.807) is 0 Å². The van der Waals surface area contributed by atoms with E-state index in [9.17, 15) is 0 Å². The predicted molar refractivity (Wildman–Crippen MR) is 86.8 cm³/mol. The fourth-order valence-corrected chi connectivity index (χ4v) is 2.96. The van der Waals surface area contributed by atoms with Crippen LogP contribution in [-0.2, 0) is 12.8 Å².